The molecule has 0 saturated carbocycles. The fraction of sp³-hybridized carbons (Fsp3) is 0. The molecule has 4 nitrogen and oxygen atoms in total. The Kier molecular flexibility index (Phi) is 5.47. The van der Waals surface area contributed by atoms with Crippen LogP contribution in [-0.4, -0.2) is 18.9 Å². The summed E-state index contributed by atoms with van der Waals surface area (Å²) in [5.41, 5.74) is 10.3. The Hall–Kier alpha value is -7.04. The average Bonchev–Trinajstić information content (AvgIpc) is 3.84. The summed E-state index contributed by atoms with van der Waals surface area (Å²) in [5, 5.41) is 10.9. The van der Waals surface area contributed by atoms with Gasteiger partial charge in [0.15, 0.2) is 5.82 Å². The molecule has 0 aliphatic heterocycles. The SMILES string of the molecule is c1ccc(-c2ccc3c4cc5c(c6ccccc6n5-c5nc(-c6ccc7ccccc7c6)nc6ccccc56)c5c6ccccc6n(c3c2)c45)cc1. The van der Waals surface area contributed by atoms with E-state index in [9.17, 15) is 0 Å². The average molecular weight is 661 g/mol. The smallest absolute Gasteiger partial charge is 0.162 e. The van der Waals surface area contributed by atoms with Gasteiger partial charge in [-0.3, -0.25) is 4.57 Å². The Balaban J connectivity index is 1.24. The molecule has 4 aromatic heterocycles. The van der Waals surface area contributed by atoms with Crippen molar-refractivity contribution in [2.75, 3.05) is 0 Å². The highest BCUT2D eigenvalue weighted by molar-refractivity contribution is 6.36. The first-order valence-electron chi connectivity index (χ1n) is 17.8. The number of benzene rings is 8. The molecule has 4 heterocycles. The largest absolute Gasteiger partial charge is 0.308 e. The summed E-state index contributed by atoms with van der Waals surface area (Å²) in [6.07, 6.45) is 0. The molecule has 0 fully saturated rings. The standard InChI is InChI=1S/C48H28N4/c1-2-12-29(13-3-1)32-24-25-34-38-28-43-44(45-37-18-8-10-20-40(37)51(46(38)45)42(34)27-32)36-17-7-11-21-41(36)52(43)48-35-16-6-9-19-39(35)49-47(50-48)33-23-22-30-14-4-5-15-31(30)26-33/h1-28H. The van der Waals surface area contributed by atoms with E-state index in [0.29, 0.717) is 5.82 Å². The molecule has 0 saturated heterocycles. The van der Waals surface area contributed by atoms with Gasteiger partial charge in [-0.15, -0.1) is 0 Å². The maximum atomic E-state index is 5.46. The number of nitrogens with zero attached hydrogens (tertiary/aromatic N) is 4. The van der Waals surface area contributed by atoms with Gasteiger partial charge in [-0.05, 0) is 64.4 Å². The van der Waals surface area contributed by atoms with Gasteiger partial charge in [0.2, 0.25) is 0 Å². The summed E-state index contributed by atoms with van der Waals surface area (Å²) < 4.78 is 4.88. The summed E-state index contributed by atoms with van der Waals surface area (Å²) in [4.78, 5) is 10.6. The number of rotatable bonds is 3. The third kappa shape index (κ3) is 3.70. The van der Waals surface area contributed by atoms with Crippen LogP contribution in [0.3, 0.4) is 0 Å². The molecule has 4 heteroatoms. The highest BCUT2D eigenvalue weighted by atomic mass is 15.1. The number of hydrogen-bond acceptors (Lipinski definition) is 2. The fourth-order valence-corrected chi connectivity index (χ4v) is 8.74. The Morgan fingerprint density at radius 1 is 0.365 bits per heavy atom. The third-order valence-corrected chi connectivity index (χ3v) is 11.0. The van der Waals surface area contributed by atoms with Crippen molar-refractivity contribution in [2.24, 2.45) is 0 Å². The molecular formula is C48H28N4. The second kappa shape index (κ2) is 10.3. The number of para-hydroxylation sites is 3. The molecule has 0 amide bonds. The van der Waals surface area contributed by atoms with Gasteiger partial charge in [0.05, 0.1) is 33.1 Å². The Labute approximate surface area is 297 Å². The summed E-state index contributed by atoms with van der Waals surface area (Å²) in [6.45, 7) is 0. The number of aromatic nitrogens is 4. The van der Waals surface area contributed by atoms with Gasteiger partial charge in [0.25, 0.3) is 0 Å². The van der Waals surface area contributed by atoms with E-state index in [1.807, 2.05) is 0 Å². The molecule has 0 bridgehead atoms. The Bertz CT molecular complexity index is 3410. The lowest BCUT2D eigenvalue weighted by atomic mass is 10.0. The first-order chi connectivity index (χ1) is 25.8. The highest BCUT2D eigenvalue weighted by Gasteiger charge is 2.25. The molecule has 0 aliphatic rings. The molecule has 0 unspecified atom stereocenters. The van der Waals surface area contributed by atoms with Crippen molar-refractivity contribution in [3.05, 3.63) is 170 Å². The quantitative estimate of drug-likeness (QED) is 0.189. The Morgan fingerprint density at radius 3 is 1.92 bits per heavy atom. The Morgan fingerprint density at radius 2 is 1.06 bits per heavy atom. The maximum Gasteiger partial charge on any atom is 0.162 e. The third-order valence-electron chi connectivity index (χ3n) is 11.0. The van der Waals surface area contributed by atoms with Crippen LogP contribution in [0.25, 0.3) is 110 Å². The van der Waals surface area contributed by atoms with E-state index >= 15 is 0 Å². The van der Waals surface area contributed by atoms with E-state index in [-0.39, 0.29) is 0 Å². The van der Waals surface area contributed by atoms with Crippen LogP contribution in [0.1, 0.15) is 0 Å². The minimum atomic E-state index is 0.714. The van der Waals surface area contributed by atoms with E-state index in [2.05, 4.69) is 179 Å². The number of hydrogen-bond donors (Lipinski definition) is 0. The van der Waals surface area contributed by atoms with Gasteiger partial charge in [0.1, 0.15) is 5.82 Å². The lowest BCUT2D eigenvalue weighted by Gasteiger charge is -2.13. The molecule has 0 aliphatic carbocycles. The topological polar surface area (TPSA) is 35.1 Å². The van der Waals surface area contributed by atoms with Crippen LogP contribution in [-0.2, 0) is 0 Å². The van der Waals surface area contributed by atoms with E-state index in [1.165, 1.54) is 70.8 Å². The van der Waals surface area contributed by atoms with Crippen LogP contribution in [0.15, 0.2) is 170 Å². The summed E-state index contributed by atoms with van der Waals surface area (Å²) in [6, 6.07) is 61.1. The predicted molar refractivity (Wildman–Crippen MR) is 217 cm³/mol. The van der Waals surface area contributed by atoms with Crippen molar-refractivity contribution >= 4 is 81.6 Å². The lowest BCUT2D eigenvalue weighted by Crippen LogP contribution is -2.02. The van der Waals surface area contributed by atoms with Crippen molar-refractivity contribution in [3.63, 3.8) is 0 Å². The van der Waals surface area contributed by atoms with Gasteiger partial charge in [-0.25, -0.2) is 9.97 Å². The monoisotopic (exact) mass is 660 g/mol. The molecule has 0 N–H and O–H groups in total. The molecule has 0 spiro atoms. The first-order valence-corrected chi connectivity index (χ1v) is 17.8. The maximum absolute atomic E-state index is 5.46. The van der Waals surface area contributed by atoms with Crippen LogP contribution >= 0.6 is 0 Å². The lowest BCUT2D eigenvalue weighted by molar-refractivity contribution is 1.08. The van der Waals surface area contributed by atoms with Crippen LogP contribution in [0.5, 0.6) is 0 Å². The van der Waals surface area contributed by atoms with E-state index in [4.69, 9.17) is 9.97 Å². The van der Waals surface area contributed by atoms with E-state index in [0.717, 1.165) is 33.3 Å². The normalized spacial score (nSPS) is 12.2. The second-order valence-corrected chi connectivity index (χ2v) is 13.8. The fourth-order valence-electron chi connectivity index (χ4n) is 8.74. The second-order valence-electron chi connectivity index (χ2n) is 13.8. The predicted octanol–water partition coefficient (Wildman–Crippen LogP) is 12.4. The van der Waals surface area contributed by atoms with Gasteiger partial charge < -0.3 is 4.40 Å². The molecule has 0 atom stereocenters. The molecule has 240 valence electrons. The summed E-state index contributed by atoms with van der Waals surface area (Å²) in [5.74, 6) is 1.60. The van der Waals surface area contributed by atoms with Gasteiger partial charge >= 0.3 is 0 Å². The minimum Gasteiger partial charge on any atom is -0.308 e. The minimum absolute atomic E-state index is 0.714. The van der Waals surface area contributed by atoms with Crippen LogP contribution in [0.2, 0.25) is 0 Å². The van der Waals surface area contributed by atoms with Crippen molar-refractivity contribution in [1.29, 1.82) is 0 Å². The zero-order valence-electron chi connectivity index (χ0n) is 28.0. The van der Waals surface area contributed by atoms with Crippen molar-refractivity contribution in [2.45, 2.75) is 0 Å². The van der Waals surface area contributed by atoms with Gasteiger partial charge in [-0.1, -0.05) is 127 Å². The van der Waals surface area contributed by atoms with Gasteiger partial charge in [0, 0.05) is 43.3 Å². The van der Waals surface area contributed by atoms with E-state index < -0.39 is 0 Å². The zero-order chi connectivity index (χ0) is 33.9. The molecule has 12 aromatic rings. The van der Waals surface area contributed by atoms with Crippen molar-refractivity contribution < 1.29 is 0 Å². The van der Waals surface area contributed by atoms with Crippen molar-refractivity contribution in [1.82, 2.24) is 18.9 Å². The van der Waals surface area contributed by atoms with Crippen molar-refractivity contribution in [3.8, 4) is 28.3 Å². The molecule has 8 aromatic carbocycles. The van der Waals surface area contributed by atoms with E-state index in [1.54, 1.807) is 0 Å². The van der Waals surface area contributed by atoms with Crippen LogP contribution < -0.4 is 0 Å². The molecule has 12 rings (SSSR count). The van der Waals surface area contributed by atoms with Crippen LogP contribution in [0.4, 0.5) is 0 Å². The highest BCUT2D eigenvalue weighted by Crippen LogP contribution is 2.47. The zero-order valence-corrected chi connectivity index (χ0v) is 28.0. The molecule has 52 heavy (non-hydrogen) atoms. The molecule has 0 radical (unpaired) electrons. The molecular weight excluding hydrogens is 633 g/mol. The summed E-state index contributed by atoms with van der Waals surface area (Å²) >= 11 is 0. The van der Waals surface area contributed by atoms with Gasteiger partial charge in [-0.2, -0.15) is 0 Å². The van der Waals surface area contributed by atoms with Crippen LogP contribution in [0, 0.1) is 0 Å². The number of fused-ring (bicyclic) bond motifs is 12. The first kappa shape index (κ1) is 27.7. The summed E-state index contributed by atoms with van der Waals surface area (Å²) in [7, 11) is 0.